The average Bonchev–Trinajstić information content (AvgIpc) is 2.63. The van der Waals surface area contributed by atoms with E-state index >= 15 is 0 Å². The smallest absolute Gasteiger partial charge is 0.134 e. The predicted molar refractivity (Wildman–Crippen MR) is 75.5 cm³/mol. The summed E-state index contributed by atoms with van der Waals surface area (Å²) in [6.45, 7) is 5.39. The molecule has 0 aromatic rings. The van der Waals surface area contributed by atoms with Crippen molar-refractivity contribution in [1.29, 1.82) is 0 Å². The number of hydrogen-bond acceptors (Lipinski definition) is 1. The molecule has 0 radical (unpaired) electrons. The molecule has 0 saturated carbocycles. The molecule has 1 rings (SSSR count). The van der Waals surface area contributed by atoms with Gasteiger partial charge >= 0.3 is 0 Å². The molecule has 3 atom stereocenters. The number of unbranched alkanes of at least 4 members (excludes halogenated alkanes) is 7. The van der Waals surface area contributed by atoms with Crippen molar-refractivity contribution in [2.24, 2.45) is 11.8 Å². The molecule has 0 spiro atoms. The molecule has 3 unspecified atom stereocenters. The van der Waals surface area contributed by atoms with E-state index in [0.717, 1.165) is 6.61 Å². The molecular formula is C15H29ClO. The average molecular weight is 261 g/mol. The molecule has 102 valence electrons. The van der Waals surface area contributed by atoms with Crippen LogP contribution in [0.2, 0.25) is 0 Å². The molecule has 1 aliphatic rings. The van der Waals surface area contributed by atoms with Crippen LogP contribution in [0.15, 0.2) is 0 Å². The van der Waals surface area contributed by atoms with E-state index in [9.17, 15) is 0 Å². The van der Waals surface area contributed by atoms with Gasteiger partial charge in [-0.1, -0.05) is 76.8 Å². The van der Waals surface area contributed by atoms with Crippen molar-refractivity contribution in [1.82, 2.24) is 0 Å². The highest BCUT2D eigenvalue weighted by Crippen LogP contribution is 2.33. The molecule has 0 bridgehead atoms. The number of halogens is 1. The maximum absolute atomic E-state index is 6.15. The van der Waals surface area contributed by atoms with Gasteiger partial charge in [0.2, 0.25) is 0 Å². The van der Waals surface area contributed by atoms with Crippen molar-refractivity contribution in [2.45, 2.75) is 77.2 Å². The largest absolute Gasteiger partial charge is 0.362 e. The minimum atomic E-state index is -0.0189. The first-order valence-electron chi connectivity index (χ1n) is 7.51. The quantitative estimate of drug-likeness (QED) is 0.400. The third-order valence-electron chi connectivity index (χ3n) is 3.98. The first-order valence-corrected chi connectivity index (χ1v) is 7.95. The van der Waals surface area contributed by atoms with Gasteiger partial charge in [-0.05, 0) is 12.3 Å². The fraction of sp³-hybridized carbons (Fsp3) is 1.00. The monoisotopic (exact) mass is 260 g/mol. The Morgan fingerprint density at radius 3 is 2.12 bits per heavy atom. The fourth-order valence-corrected chi connectivity index (χ4v) is 3.13. The summed E-state index contributed by atoms with van der Waals surface area (Å²) in [6.07, 6.45) is 12.4. The van der Waals surface area contributed by atoms with Crippen LogP contribution in [-0.2, 0) is 4.74 Å². The van der Waals surface area contributed by atoms with Crippen LogP contribution in [0.4, 0.5) is 0 Å². The van der Waals surface area contributed by atoms with Crippen molar-refractivity contribution >= 4 is 11.6 Å². The second kappa shape index (κ2) is 9.22. The summed E-state index contributed by atoms with van der Waals surface area (Å²) < 4.78 is 5.47. The lowest BCUT2D eigenvalue weighted by Gasteiger charge is -2.15. The number of ether oxygens (including phenoxy) is 1. The zero-order valence-electron chi connectivity index (χ0n) is 11.6. The molecule has 0 aliphatic carbocycles. The molecule has 17 heavy (non-hydrogen) atoms. The molecule has 1 nitrogen and oxygen atoms in total. The first-order chi connectivity index (χ1) is 8.25. The molecule has 1 aliphatic heterocycles. The maximum Gasteiger partial charge on any atom is 0.134 e. The van der Waals surface area contributed by atoms with Gasteiger partial charge in [0.15, 0.2) is 0 Å². The third-order valence-corrected chi connectivity index (χ3v) is 4.43. The lowest BCUT2D eigenvalue weighted by Crippen LogP contribution is -2.13. The van der Waals surface area contributed by atoms with Crippen LogP contribution in [0, 0.1) is 11.8 Å². The summed E-state index contributed by atoms with van der Waals surface area (Å²) in [7, 11) is 0. The van der Waals surface area contributed by atoms with Crippen LogP contribution in [0.3, 0.4) is 0 Å². The van der Waals surface area contributed by atoms with Gasteiger partial charge in [-0.3, -0.25) is 0 Å². The summed E-state index contributed by atoms with van der Waals surface area (Å²) in [4.78, 5) is 0. The van der Waals surface area contributed by atoms with E-state index < -0.39 is 0 Å². The van der Waals surface area contributed by atoms with Gasteiger partial charge in [-0.25, -0.2) is 0 Å². The summed E-state index contributed by atoms with van der Waals surface area (Å²) in [5.74, 6) is 1.25. The summed E-state index contributed by atoms with van der Waals surface area (Å²) >= 11 is 6.15. The van der Waals surface area contributed by atoms with E-state index in [1.54, 1.807) is 0 Å². The van der Waals surface area contributed by atoms with Gasteiger partial charge in [0.25, 0.3) is 0 Å². The zero-order valence-corrected chi connectivity index (χ0v) is 12.3. The predicted octanol–water partition coefficient (Wildman–Crippen LogP) is 5.36. The Morgan fingerprint density at radius 2 is 1.59 bits per heavy atom. The molecule has 1 heterocycles. The van der Waals surface area contributed by atoms with Crippen LogP contribution in [0.1, 0.15) is 71.6 Å². The lowest BCUT2D eigenvalue weighted by molar-refractivity contribution is 0.149. The minimum absolute atomic E-state index is 0.0189. The number of hydrogen-bond donors (Lipinski definition) is 0. The van der Waals surface area contributed by atoms with Gasteiger partial charge < -0.3 is 4.74 Å². The van der Waals surface area contributed by atoms with E-state index in [1.807, 2.05) is 0 Å². The maximum atomic E-state index is 6.15. The van der Waals surface area contributed by atoms with Gasteiger partial charge in [0.1, 0.15) is 5.56 Å². The fourth-order valence-electron chi connectivity index (χ4n) is 2.68. The normalized spacial score (nSPS) is 28.8. The SMILES string of the molecule is CCCCCCCCCCC1C(C)COC1Cl. The summed E-state index contributed by atoms with van der Waals surface area (Å²) in [6, 6.07) is 0. The van der Waals surface area contributed by atoms with Gasteiger partial charge in [0.05, 0.1) is 6.61 Å². The zero-order chi connectivity index (χ0) is 12.5. The molecule has 0 aromatic carbocycles. The van der Waals surface area contributed by atoms with E-state index in [4.69, 9.17) is 16.3 Å². The number of alkyl halides is 1. The van der Waals surface area contributed by atoms with Crippen LogP contribution < -0.4 is 0 Å². The van der Waals surface area contributed by atoms with Crippen molar-refractivity contribution < 1.29 is 4.74 Å². The van der Waals surface area contributed by atoms with Crippen molar-refractivity contribution in [3.63, 3.8) is 0 Å². The molecular weight excluding hydrogens is 232 g/mol. The molecule has 0 N–H and O–H groups in total. The van der Waals surface area contributed by atoms with E-state index in [1.165, 1.54) is 57.8 Å². The van der Waals surface area contributed by atoms with Crippen LogP contribution in [-0.4, -0.2) is 12.2 Å². The first kappa shape index (κ1) is 15.3. The molecule has 1 saturated heterocycles. The van der Waals surface area contributed by atoms with E-state index in [0.29, 0.717) is 11.8 Å². The third kappa shape index (κ3) is 6.10. The Labute approximate surface area is 112 Å². The Bertz CT molecular complexity index is 174. The molecule has 2 heteroatoms. The lowest BCUT2D eigenvalue weighted by atomic mass is 9.92. The topological polar surface area (TPSA) is 9.23 Å². The molecule has 0 aromatic heterocycles. The van der Waals surface area contributed by atoms with Gasteiger partial charge in [-0.15, -0.1) is 0 Å². The van der Waals surface area contributed by atoms with Crippen molar-refractivity contribution in [3.8, 4) is 0 Å². The van der Waals surface area contributed by atoms with E-state index in [-0.39, 0.29) is 5.56 Å². The van der Waals surface area contributed by atoms with E-state index in [2.05, 4.69) is 13.8 Å². The van der Waals surface area contributed by atoms with Crippen LogP contribution >= 0.6 is 11.6 Å². The molecule has 0 amide bonds. The van der Waals surface area contributed by atoms with Gasteiger partial charge in [-0.2, -0.15) is 0 Å². The number of rotatable bonds is 9. The Hall–Kier alpha value is 0.250. The van der Waals surface area contributed by atoms with Crippen molar-refractivity contribution in [3.05, 3.63) is 0 Å². The summed E-state index contributed by atoms with van der Waals surface area (Å²) in [5.41, 5.74) is -0.0189. The Balaban J connectivity index is 1.90. The van der Waals surface area contributed by atoms with Crippen LogP contribution in [0.25, 0.3) is 0 Å². The minimum Gasteiger partial charge on any atom is -0.362 e. The Kier molecular flexibility index (Phi) is 8.30. The van der Waals surface area contributed by atoms with Gasteiger partial charge in [0, 0.05) is 5.92 Å². The Morgan fingerprint density at radius 1 is 1.00 bits per heavy atom. The summed E-state index contributed by atoms with van der Waals surface area (Å²) in [5, 5.41) is 0. The standard InChI is InChI=1S/C15H29ClO/c1-3-4-5-6-7-8-9-10-11-14-13(2)12-17-15(14)16/h13-15H,3-12H2,1-2H3. The van der Waals surface area contributed by atoms with Crippen LogP contribution in [0.5, 0.6) is 0 Å². The highest BCUT2D eigenvalue weighted by atomic mass is 35.5. The second-order valence-corrected chi connectivity index (χ2v) is 6.02. The second-order valence-electron chi connectivity index (χ2n) is 5.59. The molecule has 1 fully saturated rings. The highest BCUT2D eigenvalue weighted by molar-refractivity contribution is 6.20. The highest BCUT2D eigenvalue weighted by Gasteiger charge is 2.32. The van der Waals surface area contributed by atoms with Crippen molar-refractivity contribution in [2.75, 3.05) is 6.61 Å².